The number of hydrogen-bond donors (Lipinski definition) is 1. The van der Waals surface area contributed by atoms with E-state index in [2.05, 4.69) is 10.1 Å². The topological polar surface area (TPSA) is 55.4 Å². The molecule has 2 aromatic rings. The predicted molar refractivity (Wildman–Crippen MR) is 79.6 cm³/mol. The SMILES string of the molecule is C[C@@H](NC(=O)COC(=O)c1c(F)cccc1F)c1ccc(F)cc1F. The van der Waals surface area contributed by atoms with Crippen LogP contribution in [0.15, 0.2) is 36.4 Å². The van der Waals surface area contributed by atoms with Crippen LogP contribution in [0.25, 0.3) is 0 Å². The summed E-state index contributed by atoms with van der Waals surface area (Å²) < 4.78 is 57.9. The molecule has 1 atom stereocenters. The van der Waals surface area contributed by atoms with Gasteiger partial charge in [-0.25, -0.2) is 22.4 Å². The highest BCUT2D eigenvalue weighted by atomic mass is 19.1. The molecule has 0 saturated heterocycles. The third-order valence-corrected chi connectivity index (χ3v) is 3.31. The Kier molecular flexibility index (Phi) is 5.74. The molecule has 1 amide bonds. The Bertz CT molecular complexity index is 790. The van der Waals surface area contributed by atoms with Gasteiger partial charge in [0.15, 0.2) is 6.61 Å². The van der Waals surface area contributed by atoms with Gasteiger partial charge in [0, 0.05) is 11.6 Å². The van der Waals surface area contributed by atoms with E-state index in [1.807, 2.05) is 0 Å². The number of carbonyl (C=O) groups excluding carboxylic acids is 2. The van der Waals surface area contributed by atoms with Gasteiger partial charge in [-0.15, -0.1) is 0 Å². The van der Waals surface area contributed by atoms with Crippen molar-refractivity contribution >= 4 is 11.9 Å². The van der Waals surface area contributed by atoms with Gasteiger partial charge in [0.1, 0.15) is 28.8 Å². The highest BCUT2D eigenvalue weighted by Gasteiger charge is 2.20. The van der Waals surface area contributed by atoms with Gasteiger partial charge in [0.25, 0.3) is 5.91 Å². The first kappa shape index (κ1) is 18.4. The first-order valence-electron chi connectivity index (χ1n) is 7.15. The molecule has 0 fully saturated rings. The van der Waals surface area contributed by atoms with Gasteiger partial charge in [-0.05, 0) is 25.1 Å². The van der Waals surface area contributed by atoms with Gasteiger partial charge in [-0.3, -0.25) is 4.79 Å². The average molecular weight is 355 g/mol. The largest absolute Gasteiger partial charge is 0.452 e. The summed E-state index contributed by atoms with van der Waals surface area (Å²) >= 11 is 0. The molecule has 1 N–H and O–H groups in total. The van der Waals surface area contributed by atoms with Crippen LogP contribution in [0.1, 0.15) is 28.9 Å². The Morgan fingerprint density at radius 3 is 2.28 bits per heavy atom. The summed E-state index contributed by atoms with van der Waals surface area (Å²) in [4.78, 5) is 23.4. The zero-order chi connectivity index (χ0) is 18.6. The molecule has 0 aliphatic rings. The second kappa shape index (κ2) is 7.78. The van der Waals surface area contributed by atoms with Crippen molar-refractivity contribution in [1.82, 2.24) is 5.32 Å². The zero-order valence-corrected chi connectivity index (χ0v) is 13.0. The van der Waals surface area contributed by atoms with Gasteiger partial charge in [0.05, 0.1) is 6.04 Å². The molecule has 0 unspecified atom stereocenters. The van der Waals surface area contributed by atoms with E-state index in [0.717, 1.165) is 30.3 Å². The van der Waals surface area contributed by atoms with Crippen molar-refractivity contribution in [3.8, 4) is 0 Å². The van der Waals surface area contributed by atoms with Crippen molar-refractivity contribution in [2.45, 2.75) is 13.0 Å². The number of carbonyl (C=O) groups is 2. The Morgan fingerprint density at radius 2 is 1.68 bits per heavy atom. The van der Waals surface area contributed by atoms with Gasteiger partial charge >= 0.3 is 5.97 Å². The number of halogens is 4. The summed E-state index contributed by atoms with van der Waals surface area (Å²) in [5.74, 6) is -6.01. The summed E-state index contributed by atoms with van der Waals surface area (Å²) in [6.07, 6.45) is 0. The van der Waals surface area contributed by atoms with E-state index in [1.54, 1.807) is 0 Å². The Balaban J connectivity index is 1.95. The lowest BCUT2D eigenvalue weighted by molar-refractivity contribution is -0.124. The lowest BCUT2D eigenvalue weighted by Crippen LogP contribution is -2.31. The molecule has 0 spiro atoms. The van der Waals surface area contributed by atoms with E-state index in [0.29, 0.717) is 6.07 Å². The first-order valence-corrected chi connectivity index (χ1v) is 7.15. The summed E-state index contributed by atoms with van der Waals surface area (Å²) in [5.41, 5.74) is -0.880. The second-order valence-electron chi connectivity index (χ2n) is 5.13. The van der Waals surface area contributed by atoms with E-state index in [-0.39, 0.29) is 5.56 Å². The summed E-state index contributed by atoms with van der Waals surface area (Å²) in [6, 6.07) is 4.85. The minimum absolute atomic E-state index is 0.0289. The van der Waals surface area contributed by atoms with Crippen LogP contribution < -0.4 is 5.32 Å². The van der Waals surface area contributed by atoms with Crippen LogP contribution in [0.3, 0.4) is 0 Å². The smallest absolute Gasteiger partial charge is 0.344 e. The maximum atomic E-state index is 13.6. The quantitative estimate of drug-likeness (QED) is 0.662. The Labute approximate surface area is 140 Å². The minimum Gasteiger partial charge on any atom is -0.452 e. The molecule has 0 saturated carbocycles. The Hall–Kier alpha value is -2.90. The van der Waals surface area contributed by atoms with Crippen LogP contribution in [0.4, 0.5) is 17.6 Å². The second-order valence-corrected chi connectivity index (χ2v) is 5.13. The summed E-state index contributed by atoms with van der Waals surface area (Å²) in [6.45, 7) is 0.617. The highest BCUT2D eigenvalue weighted by Crippen LogP contribution is 2.18. The molecule has 2 aromatic carbocycles. The molecule has 0 radical (unpaired) electrons. The molecular formula is C17H13F4NO3. The normalized spacial score (nSPS) is 11.7. The van der Waals surface area contributed by atoms with Crippen LogP contribution >= 0.6 is 0 Å². The van der Waals surface area contributed by atoms with Crippen molar-refractivity contribution < 1.29 is 31.9 Å². The first-order chi connectivity index (χ1) is 11.8. The molecular weight excluding hydrogens is 342 g/mol. The molecule has 0 aliphatic carbocycles. The number of rotatable bonds is 5. The molecule has 0 aromatic heterocycles. The molecule has 132 valence electrons. The summed E-state index contributed by atoms with van der Waals surface area (Å²) in [7, 11) is 0. The van der Waals surface area contributed by atoms with Crippen LogP contribution in [0, 0.1) is 23.3 Å². The van der Waals surface area contributed by atoms with E-state index >= 15 is 0 Å². The van der Waals surface area contributed by atoms with Crippen LogP contribution in [0.5, 0.6) is 0 Å². The highest BCUT2D eigenvalue weighted by molar-refractivity contribution is 5.91. The van der Waals surface area contributed by atoms with Crippen molar-refractivity contribution in [2.24, 2.45) is 0 Å². The monoisotopic (exact) mass is 355 g/mol. The molecule has 2 rings (SSSR count). The number of nitrogens with one attached hydrogen (secondary N) is 1. The van der Waals surface area contributed by atoms with E-state index in [9.17, 15) is 27.2 Å². The number of amides is 1. The third-order valence-electron chi connectivity index (χ3n) is 3.31. The molecule has 0 aliphatic heterocycles. The maximum Gasteiger partial charge on any atom is 0.344 e. The third kappa shape index (κ3) is 4.56. The van der Waals surface area contributed by atoms with Gasteiger partial charge in [-0.2, -0.15) is 0 Å². The van der Waals surface area contributed by atoms with Gasteiger partial charge in [-0.1, -0.05) is 12.1 Å². The summed E-state index contributed by atoms with van der Waals surface area (Å²) in [5, 5.41) is 2.33. The molecule has 4 nitrogen and oxygen atoms in total. The molecule has 25 heavy (non-hydrogen) atoms. The lowest BCUT2D eigenvalue weighted by atomic mass is 10.1. The number of esters is 1. The van der Waals surface area contributed by atoms with Gasteiger partial charge < -0.3 is 10.1 Å². The Morgan fingerprint density at radius 1 is 1.04 bits per heavy atom. The molecule has 0 heterocycles. The van der Waals surface area contributed by atoms with E-state index in [4.69, 9.17) is 0 Å². The maximum absolute atomic E-state index is 13.6. The van der Waals surface area contributed by atoms with Crippen LogP contribution in [0.2, 0.25) is 0 Å². The number of hydrogen-bond acceptors (Lipinski definition) is 3. The van der Waals surface area contributed by atoms with Crippen molar-refractivity contribution in [1.29, 1.82) is 0 Å². The fourth-order valence-electron chi connectivity index (χ4n) is 2.11. The van der Waals surface area contributed by atoms with E-state index < -0.39 is 53.4 Å². The fraction of sp³-hybridized carbons (Fsp3) is 0.176. The van der Waals surface area contributed by atoms with Crippen molar-refractivity contribution in [3.63, 3.8) is 0 Å². The van der Waals surface area contributed by atoms with Crippen molar-refractivity contribution in [2.75, 3.05) is 6.61 Å². The standard InChI is InChI=1S/C17H13F4NO3/c1-9(11-6-5-10(18)7-14(11)21)22-15(23)8-25-17(24)16-12(19)3-2-4-13(16)20/h2-7,9H,8H2,1H3,(H,22,23)/t9-/m1/s1. The fourth-order valence-corrected chi connectivity index (χ4v) is 2.11. The average Bonchev–Trinajstić information content (AvgIpc) is 2.52. The zero-order valence-electron chi connectivity index (χ0n) is 13.0. The van der Waals surface area contributed by atoms with Crippen LogP contribution in [-0.4, -0.2) is 18.5 Å². The minimum atomic E-state index is -1.34. The molecule has 8 heteroatoms. The van der Waals surface area contributed by atoms with Gasteiger partial charge in [0.2, 0.25) is 0 Å². The van der Waals surface area contributed by atoms with Crippen molar-refractivity contribution in [3.05, 3.63) is 70.8 Å². The number of ether oxygens (including phenoxy) is 1. The van der Waals surface area contributed by atoms with Crippen LogP contribution in [-0.2, 0) is 9.53 Å². The predicted octanol–water partition coefficient (Wildman–Crippen LogP) is 3.28. The van der Waals surface area contributed by atoms with E-state index in [1.165, 1.54) is 6.92 Å². The molecule has 0 bridgehead atoms. The lowest BCUT2D eigenvalue weighted by Gasteiger charge is -2.15. The number of benzene rings is 2.